The van der Waals surface area contributed by atoms with E-state index in [0.717, 1.165) is 6.07 Å². The SMILES string of the molecule is CCOCCNS(=O)(=O)c1cccc(S(=O)(=O)NC)c1. The quantitative estimate of drug-likeness (QED) is 0.651. The summed E-state index contributed by atoms with van der Waals surface area (Å²) >= 11 is 0. The van der Waals surface area contributed by atoms with E-state index >= 15 is 0 Å². The van der Waals surface area contributed by atoms with E-state index in [2.05, 4.69) is 9.44 Å². The van der Waals surface area contributed by atoms with E-state index in [-0.39, 0.29) is 22.9 Å². The third-order valence-corrected chi connectivity index (χ3v) is 5.31. The molecule has 0 amide bonds. The number of sulfonamides is 2. The lowest BCUT2D eigenvalue weighted by atomic mass is 10.4. The molecule has 0 spiro atoms. The summed E-state index contributed by atoms with van der Waals surface area (Å²) in [5.74, 6) is 0. The van der Waals surface area contributed by atoms with Crippen molar-refractivity contribution >= 4 is 20.0 Å². The molecular weight excluding hydrogens is 304 g/mol. The predicted molar refractivity (Wildman–Crippen MR) is 74.4 cm³/mol. The summed E-state index contributed by atoms with van der Waals surface area (Å²) in [7, 11) is -6.17. The van der Waals surface area contributed by atoms with Gasteiger partial charge in [0.2, 0.25) is 20.0 Å². The van der Waals surface area contributed by atoms with Crippen molar-refractivity contribution in [2.24, 2.45) is 0 Å². The maximum absolute atomic E-state index is 12.0. The first-order valence-corrected chi connectivity index (χ1v) is 8.91. The highest BCUT2D eigenvalue weighted by atomic mass is 32.2. The van der Waals surface area contributed by atoms with Crippen molar-refractivity contribution in [3.63, 3.8) is 0 Å². The molecule has 0 radical (unpaired) electrons. The van der Waals surface area contributed by atoms with Crippen molar-refractivity contribution in [1.82, 2.24) is 9.44 Å². The highest BCUT2D eigenvalue weighted by Gasteiger charge is 2.18. The van der Waals surface area contributed by atoms with Crippen molar-refractivity contribution in [2.75, 3.05) is 26.8 Å². The number of nitrogens with one attached hydrogen (secondary N) is 2. The van der Waals surface area contributed by atoms with Gasteiger partial charge in [-0.25, -0.2) is 26.3 Å². The van der Waals surface area contributed by atoms with Crippen molar-refractivity contribution in [3.8, 4) is 0 Å². The van der Waals surface area contributed by atoms with Crippen molar-refractivity contribution < 1.29 is 21.6 Å². The minimum absolute atomic E-state index is 0.104. The Balaban J connectivity index is 2.94. The topological polar surface area (TPSA) is 102 Å². The van der Waals surface area contributed by atoms with Gasteiger partial charge in [0.15, 0.2) is 0 Å². The molecule has 0 aliphatic rings. The molecular formula is C11H18N2O5S2. The van der Waals surface area contributed by atoms with Crippen LogP contribution in [0.4, 0.5) is 0 Å². The fourth-order valence-corrected chi connectivity index (χ4v) is 3.31. The predicted octanol–water partition coefficient (Wildman–Crippen LogP) is -0.0905. The Morgan fingerprint density at radius 3 is 2.25 bits per heavy atom. The summed E-state index contributed by atoms with van der Waals surface area (Å²) in [6.07, 6.45) is 0. The lowest BCUT2D eigenvalue weighted by Crippen LogP contribution is -2.28. The van der Waals surface area contributed by atoms with E-state index in [0.29, 0.717) is 6.61 Å². The molecule has 0 saturated heterocycles. The molecule has 0 fully saturated rings. The van der Waals surface area contributed by atoms with Gasteiger partial charge in [0, 0.05) is 13.2 Å². The average Bonchev–Trinajstić information content (AvgIpc) is 2.44. The summed E-state index contributed by atoms with van der Waals surface area (Å²) in [5.41, 5.74) is 0. The van der Waals surface area contributed by atoms with E-state index in [1.807, 2.05) is 0 Å². The summed E-state index contributed by atoms with van der Waals surface area (Å²) in [5, 5.41) is 0. The number of hydrogen-bond acceptors (Lipinski definition) is 5. The molecule has 0 aliphatic heterocycles. The van der Waals surface area contributed by atoms with Crippen LogP contribution in [-0.2, 0) is 24.8 Å². The Morgan fingerprint density at radius 2 is 1.70 bits per heavy atom. The number of ether oxygens (including phenoxy) is 1. The third kappa shape index (κ3) is 4.53. The van der Waals surface area contributed by atoms with Crippen LogP contribution in [0.2, 0.25) is 0 Å². The van der Waals surface area contributed by atoms with Crippen LogP contribution in [0.25, 0.3) is 0 Å². The summed E-state index contributed by atoms with van der Waals surface area (Å²) in [6.45, 7) is 2.68. The van der Waals surface area contributed by atoms with Gasteiger partial charge in [-0.1, -0.05) is 6.07 Å². The fraction of sp³-hybridized carbons (Fsp3) is 0.455. The van der Waals surface area contributed by atoms with Gasteiger partial charge in [0.25, 0.3) is 0 Å². The van der Waals surface area contributed by atoms with Crippen LogP contribution in [0.3, 0.4) is 0 Å². The normalized spacial score (nSPS) is 12.5. The molecule has 0 unspecified atom stereocenters. The smallest absolute Gasteiger partial charge is 0.240 e. The molecule has 20 heavy (non-hydrogen) atoms. The van der Waals surface area contributed by atoms with Gasteiger partial charge in [-0.15, -0.1) is 0 Å². The second kappa shape index (κ2) is 7.14. The van der Waals surface area contributed by atoms with Crippen LogP contribution < -0.4 is 9.44 Å². The molecule has 114 valence electrons. The molecule has 1 aromatic carbocycles. The van der Waals surface area contributed by atoms with Gasteiger partial charge in [0.1, 0.15) is 0 Å². The van der Waals surface area contributed by atoms with Crippen molar-refractivity contribution in [2.45, 2.75) is 16.7 Å². The average molecular weight is 322 g/mol. The largest absolute Gasteiger partial charge is 0.380 e. The second-order valence-electron chi connectivity index (χ2n) is 3.78. The van der Waals surface area contributed by atoms with Gasteiger partial charge >= 0.3 is 0 Å². The molecule has 1 rings (SSSR count). The molecule has 0 atom stereocenters. The molecule has 0 aliphatic carbocycles. The molecule has 0 heterocycles. The lowest BCUT2D eigenvalue weighted by Gasteiger charge is -2.08. The van der Waals surface area contributed by atoms with Crippen LogP contribution in [0.15, 0.2) is 34.1 Å². The zero-order valence-corrected chi connectivity index (χ0v) is 12.9. The number of rotatable bonds is 8. The monoisotopic (exact) mass is 322 g/mol. The summed E-state index contributed by atoms with van der Waals surface area (Å²) in [6, 6.07) is 5.14. The number of benzene rings is 1. The first kappa shape index (κ1) is 17.1. The second-order valence-corrected chi connectivity index (χ2v) is 7.43. The highest BCUT2D eigenvalue weighted by molar-refractivity contribution is 7.90. The Hall–Kier alpha value is -1.00. The van der Waals surface area contributed by atoms with E-state index in [9.17, 15) is 16.8 Å². The van der Waals surface area contributed by atoms with Crippen LogP contribution in [0, 0.1) is 0 Å². The molecule has 9 heteroatoms. The molecule has 7 nitrogen and oxygen atoms in total. The summed E-state index contributed by atoms with van der Waals surface area (Å²) < 4.78 is 56.7. The minimum atomic E-state index is -3.75. The van der Waals surface area contributed by atoms with E-state index < -0.39 is 20.0 Å². The maximum atomic E-state index is 12.0. The molecule has 2 N–H and O–H groups in total. The van der Waals surface area contributed by atoms with Crippen molar-refractivity contribution in [1.29, 1.82) is 0 Å². The van der Waals surface area contributed by atoms with Crippen LogP contribution in [-0.4, -0.2) is 43.6 Å². The fourth-order valence-electron chi connectivity index (χ4n) is 1.40. The number of hydrogen-bond donors (Lipinski definition) is 2. The summed E-state index contributed by atoms with van der Waals surface area (Å²) in [4.78, 5) is -0.210. The van der Waals surface area contributed by atoms with Gasteiger partial charge < -0.3 is 4.74 Å². The standard InChI is InChI=1S/C11H18N2O5S2/c1-3-18-8-7-13-20(16,17)11-6-4-5-10(9-11)19(14,15)12-2/h4-6,9,12-13H,3,7-8H2,1-2H3. The van der Waals surface area contributed by atoms with Crippen LogP contribution >= 0.6 is 0 Å². The lowest BCUT2D eigenvalue weighted by molar-refractivity contribution is 0.153. The van der Waals surface area contributed by atoms with E-state index in [1.165, 1.54) is 25.2 Å². The molecule has 0 saturated carbocycles. The molecule has 0 aromatic heterocycles. The van der Waals surface area contributed by atoms with Crippen molar-refractivity contribution in [3.05, 3.63) is 24.3 Å². The van der Waals surface area contributed by atoms with Gasteiger partial charge in [-0.2, -0.15) is 0 Å². The molecule has 0 bridgehead atoms. The first-order valence-electron chi connectivity index (χ1n) is 5.94. The zero-order valence-electron chi connectivity index (χ0n) is 11.3. The Morgan fingerprint density at radius 1 is 1.10 bits per heavy atom. The van der Waals surface area contributed by atoms with Gasteiger partial charge in [-0.05, 0) is 32.2 Å². The van der Waals surface area contributed by atoms with Gasteiger partial charge in [-0.3, -0.25) is 0 Å². The zero-order chi connectivity index (χ0) is 15.2. The Bertz CT molecular complexity index is 641. The first-order chi connectivity index (χ1) is 9.33. The highest BCUT2D eigenvalue weighted by Crippen LogP contribution is 2.15. The van der Waals surface area contributed by atoms with Gasteiger partial charge in [0.05, 0.1) is 16.4 Å². The minimum Gasteiger partial charge on any atom is -0.380 e. The molecule has 1 aromatic rings. The van der Waals surface area contributed by atoms with E-state index in [1.54, 1.807) is 6.92 Å². The maximum Gasteiger partial charge on any atom is 0.240 e. The Labute approximate surface area is 119 Å². The van der Waals surface area contributed by atoms with Crippen LogP contribution in [0.1, 0.15) is 6.92 Å². The Kier molecular flexibility index (Phi) is 6.08. The third-order valence-electron chi connectivity index (χ3n) is 2.44. The van der Waals surface area contributed by atoms with Crippen LogP contribution in [0.5, 0.6) is 0 Å². The van der Waals surface area contributed by atoms with E-state index in [4.69, 9.17) is 4.74 Å².